The van der Waals surface area contributed by atoms with Crippen LogP contribution in [0.5, 0.6) is 0 Å². The van der Waals surface area contributed by atoms with Gasteiger partial charge in [-0.2, -0.15) is 19.2 Å². The van der Waals surface area contributed by atoms with Crippen LogP contribution in [0.1, 0.15) is 209 Å². The van der Waals surface area contributed by atoms with Crippen LogP contribution >= 0.6 is 0 Å². The lowest BCUT2D eigenvalue weighted by Gasteiger charge is -2.63. The number of aliphatic hydroxyl groups is 7. The second kappa shape index (κ2) is 38.1. The molecule has 4 aromatic carbocycles. The van der Waals surface area contributed by atoms with E-state index < -0.39 is 127 Å². The topological polar surface area (TPSA) is 449 Å². The summed E-state index contributed by atoms with van der Waals surface area (Å²) in [6, 6.07) is 23.6. The third kappa shape index (κ3) is 16.7. The van der Waals surface area contributed by atoms with Crippen molar-refractivity contribution in [1.82, 2.24) is 45.5 Å². The van der Waals surface area contributed by atoms with Gasteiger partial charge in [-0.1, -0.05) is 101 Å². The van der Waals surface area contributed by atoms with Crippen LogP contribution in [0, 0.1) is 36.5 Å². The highest BCUT2D eigenvalue weighted by Crippen LogP contribution is 2.70. The Kier molecular flexibility index (Phi) is 28.5. The van der Waals surface area contributed by atoms with Crippen LogP contribution in [0.25, 0.3) is 21.8 Å². The van der Waals surface area contributed by atoms with E-state index in [0.29, 0.717) is 38.8 Å². The molecule has 12 heterocycles. The van der Waals surface area contributed by atoms with Gasteiger partial charge in [0.15, 0.2) is 17.2 Å². The first-order chi connectivity index (χ1) is 63.4. The van der Waals surface area contributed by atoms with Crippen molar-refractivity contribution in [3.63, 3.8) is 0 Å². The zero-order valence-corrected chi connectivity index (χ0v) is 80.8. The summed E-state index contributed by atoms with van der Waals surface area (Å²) in [5.74, 6) is -2.14. The average Bonchev–Trinajstić information content (AvgIpc) is 1.48. The largest absolute Gasteiger partial charge is 0.480 e. The van der Waals surface area contributed by atoms with Gasteiger partial charge in [0.05, 0.1) is 29.9 Å². The molecule has 22 atom stereocenters. The van der Waals surface area contributed by atoms with E-state index in [9.17, 15) is 59.7 Å². The number of nitrogens with zero attached hydrogens (tertiary/aromatic N) is 6. The number of hydrogen-bond donors (Lipinski definition) is 14. The van der Waals surface area contributed by atoms with E-state index in [1.807, 2.05) is 14.1 Å². The summed E-state index contributed by atoms with van der Waals surface area (Å²) >= 11 is 0. The molecule has 16 N–H and O–H groups in total. The Morgan fingerprint density at radius 1 is 0.590 bits per heavy atom. The van der Waals surface area contributed by atoms with Gasteiger partial charge in [0.25, 0.3) is 11.8 Å². The van der Waals surface area contributed by atoms with E-state index in [2.05, 4.69) is 214 Å². The number of nitrogens with one attached hydrogen (secondary N) is 5. The standard InChI is InChI=1S/C48H66N6O6.C45H61N5O5.C8H15NO4.2CO2/c1-7-45(58)26-31-25-44(5,38-33(15-20-53(27-31)28-45)32-13-9-10-14-36(32)51-38)34-24-35-37(23-29(34)3)52(6)41-47(35)17-21-54-19-11-16-46(8-2,40(47)54)42(56)48(41,59)43(57)50-18-12-22-60-39(55)30(4)49;1-6-42(54)25-29-24-41(4,36-31(14-19-49(26-29)27-42)30-12-8-9-13-34(30)47-36)32-23-33-35(22-28(32)3)48(5)38-44(33)16-20-50-18-10-15-43(7-2,37(44)50)39(52)45(38,55)40(53)46-17-11-21-51;1-5(6(10)11)9-7(12)13-8(2,3)4;2*2-1-3/h9-11,13-14,16,23-24,30-31,40-42,51,56,58-59H,7-8,12,15,17-22,25-28,49H2,1-6H3,(H,50,57);8-10,12-13,15,22-23,29,37-39,47,51-52,54-55H,6-7,11,14,16-21,24-27H2,1-5H3,(H,46,53);5H,1-4H3,(H,9,12)(H,10,11);;/p+1/t30?,31-,40?,41?,42+,44+,45?,46+,47?,48-;29-,37?,38?,39+,41+,42?,43+,44?,45-;5-;;/m000../s1. The SMILES string of the molecule is CCC1(O)C[C@H]2CN(CCc3c([nH]c4ccccc34)[C@@](C)(c3cc4c(cc3C)N(C)C3C45CCN4CC=C[C@](CC)(C45)[C@@H](O)[C@]3(O)C(=O)NCCCO)C2)C1.CCC1(O)C[C@H]2CN(CCc3c([nH]c4ccccc34)[C@@](C)(c3cc4c(cc3C)N(C)C3C45CCN4CC=C[C@](CC)(C45)[C@@H](O)[C@]3(O)C(=O)NCCCOC(=O)C(C)[NH3+])C2)C1.C[C@H](NC(=O)OC(C)(C)C)C(=O)O.O=C=O.O=C=O. The molecule has 18 rings (SSSR count). The number of para-hydroxylation sites is 2. The lowest BCUT2D eigenvalue weighted by molar-refractivity contribution is -0.402. The summed E-state index contributed by atoms with van der Waals surface area (Å²) < 4.78 is 10.2. The molecule has 3 amide bonds. The minimum atomic E-state index is -2.17. The van der Waals surface area contributed by atoms with E-state index in [1.54, 1.807) is 27.7 Å². The molecular formula is C103H143N12O19+. The number of quaternary nitrogens is 1. The van der Waals surface area contributed by atoms with Crippen molar-refractivity contribution in [2.24, 2.45) is 22.7 Å². The fourth-order valence-corrected chi connectivity index (χ4v) is 27.8. The summed E-state index contributed by atoms with van der Waals surface area (Å²) in [5, 5.41) is 104. The molecule has 2 saturated carbocycles. The van der Waals surface area contributed by atoms with Gasteiger partial charge in [-0.15, -0.1) is 0 Å². The predicted octanol–water partition coefficient (Wildman–Crippen LogP) is 6.78. The maximum atomic E-state index is 14.8. The third-order valence-corrected chi connectivity index (χ3v) is 33.1. The maximum Gasteiger partial charge on any atom is 0.408 e. The number of carboxylic acids is 1. The molecule has 31 nitrogen and oxygen atoms in total. The van der Waals surface area contributed by atoms with Crippen LogP contribution in [-0.4, -0.2) is 295 Å². The summed E-state index contributed by atoms with van der Waals surface area (Å²) in [6.07, 6.45) is 15.3. The van der Waals surface area contributed by atoms with Gasteiger partial charge in [-0.3, -0.25) is 34.0 Å². The van der Waals surface area contributed by atoms with Crippen LogP contribution in [0.15, 0.2) is 97.1 Å². The highest BCUT2D eigenvalue weighted by Gasteiger charge is 2.81. The Morgan fingerprint density at radius 3 is 1.38 bits per heavy atom. The number of ether oxygens (including phenoxy) is 2. The van der Waals surface area contributed by atoms with Gasteiger partial charge in [-0.25, -0.2) is 9.59 Å². The van der Waals surface area contributed by atoms with Gasteiger partial charge in [-0.05, 0) is 246 Å². The maximum absolute atomic E-state index is 14.8. The molecule has 0 radical (unpaired) electrons. The number of benzene rings is 4. The third-order valence-electron chi connectivity index (χ3n) is 33.1. The van der Waals surface area contributed by atoms with Crippen LogP contribution in [-0.2, 0) is 82.3 Å². The smallest absolute Gasteiger partial charge is 0.408 e. The number of fused-ring (bicyclic) bond motifs is 12. The number of aliphatic carboxylic acids is 1. The van der Waals surface area contributed by atoms with E-state index in [1.165, 1.54) is 51.3 Å². The Labute approximate surface area is 785 Å². The number of likely N-dealkylation sites (N-methyl/N-ethyl adjacent to an activating group) is 2. The number of amides is 3. The minimum absolute atomic E-state index is 0.0752. The quantitative estimate of drug-likeness (QED) is 0.0239. The molecule has 31 heteroatoms. The van der Waals surface area contributed by atoms with Crippen molar-refractivity contribution < 1.29 is 99.2 Å². The number of piperidine rings is 2. The Bertz CT molecular complexity index is 5530. The zero-order valence-electron chi connectivity index (χ0n) is 80.8. The first-order valence-corrected chi connectivity index (χ1v) is 48.3. The molecule has 4 bridgehead atoms. The highest BCUT2D eigenvalue weighted by molar-refractivity contribution is 5.93. The number of hydrogen-bond acceptors (Lipinski definition) is 24. The van der Waals surface area contributed by atoms with Crippen LogP contribution < -0.4 is 31.5 Å². The van der Waals surface area contributed by atoms with Gasteiger partial charge >= 0.3 is 30.3 Å². The number of carbonyl (C=O) groups is 5. The van der Waals surface area contributed by atoms with E-state index >= 15 is 0 Å². The van der Waals surface area contributed by atoms with Crippen LogP contribution in [0.4, 0.5) is 16.2 Å². The summed E-state index contributed by atoms with van der Waals surface area (Å²) in [4.78, 5) is 117. The molecule has 728 valence electrons. The number of anilines is 2. The summed E-state index contributed by atoms with van der Waals surface area (Å²) in [7, 11) is 3.98. The van der Waals surface area contributed by atoms with Gasteiger partial charge < -0.3 is 91.8 Å². The van der Waals surface area contributed by atoms with Crippen molar-refractivity contribution in [3.05, 3.63) is 153 Å². The Hall–Kier alpha value is -9.53. The van der Waals surface area contributed by atoms with E-state index in [0.717, 1.165) is 161 Å². The molecule has 6 fully saturated rings. The molecule has 2 spiro atoms. The molecule has 4 saturated heterocycles. The van der Waals surface area contributed by atoms with Gasteiger partial charge in [0.2, 0.25) is 0 Å². The van der Waals surface area contributed by atoms with E-state index in [4.69, 9.17) is 33.8 Å². The average molecular weight is 1850 g/mol. The number of H-pyrrole nitrogens is 2. The number of esters is 1. The molecule has 11 unspecified atom stereocenters. The number of alkyl carbamates (subject to hydrolysis) is 1. The van der Waals surface area contributed by atoms with Crippen molar-refractivity contribution in [2.45, 2.75) is 278 Å². The number of rotatable bonds is 18. The lowest BCUT2D eigenvalue weighted by atomic mass is 9.47. The molecule has 10 aliphatic heterocycles. The van der Waals surface area contributed by atoms with Gasteiger partial charge in [0, 0.05) is 175 Å². The second-order valence-electron chi connectivity index (χ2n) is 42.2. The molecule has 134 heavy (non-hydrogen) atoms. The monoisotopic (exact) mass is 1850 g/mol. The predicted molar refractivity (Wildman–Crippen MR) is 504 cm³/mol. The van der Waals surface area contributed by atoms with Crippen molar-refractivity contribution in [1.29, 1.82) is 0 Å². The molecule has 2 aliphatic carbocycles. The second-order valence-corrected chi connectivity index (χ2v) is 42.2. The number of aliphatic hydroxyl groups excluding tert-OH is 3. The van der Waals surface area contributed by atoms with Crippen molar-refractivity contribution >= 4 is 75.3 Å². The molecule has 6 aromatic rings. The molecule has 12 aliphatic rings. The van der Waals surface area contributed by atoms with Crippen molar-refractivity contribution in [3.8, 4) is 0 Å². The molecule has 2 aromatic heterocycles. The summed E-state index contributed by atoms with van der Waals surface area (Å²) in [6.45, 7) is 34.4. The fraction of sp³-hybridized carbons (Fsp3) is 0.621. The number of carbonyl (C=O) groups excluding carboxylic acids is 8. The number of aryl methyl sites for hydroxylation is 2. The Morgan fingerprint density at radius 2 is 1.00 bits per heavy atom. The Balaban J connectivity index is 0.000000181. The number of aromatic amines is 2. The lowest BCUT2D eigenvalue weighted by Crippen LogP contribution is -2.81. The fourth-order valence-electron chi connectivity index (χ4n) is 27.8. The first kappa shape index (κ1) is 100. The number of carboxylic acid groups (broad SMARTS) is 1. The van der Waals surface area contributed by atoms with Crippen LogP contribution in [0.2, 0.25) is 0 Å². The zero-order chi connectivity index (χ0) is 97.3. The number of aromatic nitrogens is 2. The van der Waals surface area contributed by atoms with Crippen molar-refractivity contribution in [2.75, 3.05) is 116 Å². The van der Waals surface area contributed by atoms with E-state index in [-0.39, 0.29) is 62.5 Å². The van der Waals surface area contributed by atoms with Crippen LogP contribution in [0.3, 0.4) is 0 Å². The normalized spacial score (nSPS) is 34.2. The highest BCUT2D eigenvalue weighted by atomic mass is 16.6. The summed E-state index contributed by atoms with van der Waals surface area (Å²) in [5.41, 5.74) is 9.89. The molecular weight excluding hydrogens is 1710 g/mol. The minimum Gasteiger partial charge on any atom is -0.480 e. The first-order valence-electron chi connectivity index (χ1n) is 48.3. The van der Waals surface area contributed by atoms with Gasteiger partial charge in [0.1, 0.15) is 23.9 Å².